The van der Waals surface area contributed by atoms with Crippen molar-refractivity contribution >= 4 is 40.1 Å². The molecule has 2 rings (SSSR count). The maximum atomic E-state index is 11.8. The molecule has 17 heavy (non-hydrogen) atoms. The van der Waals surface area contributed by atoms with Gasteiger partial charge in [0.1, 0.15) is 6.54 Å². The number of hydrogen-bond donors (Lipinski definition) is 0. The van der Waals surface area contributed by atoms with Crippen LogP contribution in [0, 0.1) is 6.92 Å². The highest BCUT2D eigenvalue weighted by Crippen LogP contribution is 2.27. The van der Waals surface area contributed by atoms with Gasteiger partial charge >= 0.3 is 0 Å². The highest BCUT2D eigenvalue weighted by molar-refractivity contribution is 8.14. The van der Waals surface area contributed by atoms with Crippen LogP contribution < -0.4 is 4.90 Å². The summed E-state index contributed by atoms with van der Waals surface area (Å²) in [6.07, 6.45) is 0. The summed E-state index contributed by atoms with van der Waals surface area (Å²) in [7, 11) is 0. The quantitative estimate of drug-likeness (QED) is 0.826. The van der Waals surface area contributed by atoms with Gasteiger partial charge < -0.3 is 0 Å². The average Bonchev–Trinajstić information content (AvgIpc) is 2.65. The first-order valence-corrected chi connectivity index (χ1v) is 6.76. The maximum Gasteiger partial charge on any atom is 0.254 e. The Bertz CT molecular complexity index is 487. The number of halogens is 1. The standard InChI is InChI=1S/C12H13ClN2OS/c1-3-17-12-14-7-11(16)15(12)9-5-4-8(2)10(13)6-9/h4-6H,3,7H2,1-2H3. The number of thioether (sulfide) groups is 1. The van der Waals surface area contributed by atoms with Gasteiger partial charge in [-0.15, -0.1) is 0 Å². The topological polar surface area (TPSA) is 32.7 Å². The Morgan fingerprint density at radius 1 is 1.53 bits per heavy atom. The maximum absolute atomic E-state index is 11.8. The minimum absolute atomic E-state index is 0.000805. The van der Waals surface area contributed by atoms with Crippen molar-refractivity contribution in [2.75, 3.05) is 17.2 Å². The Balaban J connectivity index is 2.34. The fraction of sp³-hybridized carbons (Fsp3) is 0.333. The molecule has 0 saturated carbocycles. The smallest absolute Gasteiger partial charge is 0.254 e. The second-order valence-electron chi connectivity index (χ2n) is 3.69. The van der Waals surface area contributed by atoms with Gasteiger partial charge in [0.25, 0.3) is 5.91 Å². The van der Waals surface area contributed by atoms with E-state index in [9.17, 15) is 4.79 Å². The van der Waals surface area contributed by atoms with Crippen LogP contribution in [0.1, 0.15) is 12.5 Å². The first-order chi connectivity index (χ1) is 8.13. The van der Waals surface area contributed by atoms with E-state index >= 15 is 0 Å². The number of rotatable bonds is 2. The van der Waals surface area contributed by atoms with Crippen LogP contribution in [-0.4, -0.2) is 23.4 Å². The first-order valence-electron chi connectivity index (χ1n) is 5.40. The number of amides is 1. The molecule has 1 aliphatic rings. The van der Waals surface area contributed by atoms with Crippen molar-refractivity contribution in [2.45, 2.75) is 13.8 Å². The zero-order chi connectivity index (χ0) is 12.4. The summed E-state index contributed by atoms with van der Waals surface area (Å²) in [5.74, 6) is 0.892. The molecule has 1 aliphatic heterocycles. The monoisotopic (exact) mass is 268 g/mol. The lowest BCUT2D eigenvalue weighted by atomic mass is 10.2. The molecule has 1 aromatic carbocycles. The number of carbonyl (C=O) groups excluding carboxylic acids is 1. The molecule has 0 N–H and O–H groups in total. The van der Waals surface area contributed by atoms with Gasteiger partial charge in [-0.2, -0.15) is 0 Å². The number of carbonyl (C=O) groups is 1. The van der Waals surface area contributed by atoms with Gasteiger partial charge in [0.05, 0.1) is 5.69 Å². The SMILES string of the molecule is CCSC1=NCC(=O)N1c1ccc(C)c(Cl)c1. The molecular formula is C12H13ClN2OS. The summed E-state index contributed by atoms with van der Waals surface area (Å²) >= 11 is 7.65. The zero-order valence-electron chi connectivity index (χ0n) is 9.74. The van der Waals surface area contributed by atoms with E-state index in [0.717, 1.165) is 22.2 Å². The molecule has 0 radical (unpaired) electrons. The molecule has 5 heteroatoms. The molecule has 0 saturated heterocycles. The van der Waals surface area contributed by atoms with E-state index in [1.807, 2.05) is 32.0 Å². The predicted octanol–water partition coefficient (Wildman–Crippen LogP) is 3.10. The predicted molar refractivity (Wildman–Crippen MR) is 74.1 cm³/mol. The molecule has 0 aromatic heterocycles. The Kier molecular flexibility index (Phi) is 3.74. The second-order valence-corrected chi connectivity index (χ2v) is 5.33. The molecule has 0 spiro atoms. The Morgan fingerprint density at radius 3 is 2.94 bits per heavy atom. The number of aryl methyl sites for hydroxylation is 1. The molecule has 1 heterocycles. The normalized spacial score (nSPS) is 15.4. The second kappa shape index (κ2) is 5.10. The van der Waals surface area contributed by atoms with Crippen molar-refractivity contribution in [3.63, 3.8) is 0 Å². The number of aliphatic imine (C=N–C) groups is 1. The summed E-state index contributed by atoms with van der Waals surface area (Å²) in [6.45, 7) is 4.21. The molecule has 3 nitrogen and oxygen atoms in total. The van der Waals surface area contributed by atoms with Crippen LogP contribution in [0.3, 0.4) is 0 Å². The van der Waals surface area contributed by atoms with E-state index in [2.05, 4.69) is 4.99 Å². The number of amidine groups is 1. The van der Waals surface area contributed by atoms with Gasteiger partial charge in [0.15, 0.2) is 5.17 Å². The fourth-order valence-corrected chi connectivity index (χ4v) is 2.52. The average molecular weight is 269 g/mol. The minimum atomic E-state index is 0.000805. The van der Waals surface area contributed by atoms with E-state index in [0.29, 0.717) is 5.02 Å². The van der Waals surface area contributed by atoms with Gasteiger partial charge in [0, 0.05) is 5.02 Å². The van der Waals surface area contributed by atoms with Crippen molar-refractivity contribution in [1.82, 2.24) is 0 Å². The van der Waals surface area contributed by atoms with Gasteiger partial charge in [-0.25, -0.2) is 0 Å². The molecule has 0 bridgehead atoms. The van der Waals surface area contributed by atoms with Gasteiger partial charge in [0.2, 0.25) is 0 Å². The largest absolute Gasteiger partial charge is 0.272 e. The molecule has 1 aromatic rings. The molecular weight excluding hydrogens is 256 g/mol. The van der Waals surface area contributed by atoms with Gasteiger partial charge in [-0.1, -0.05) is 36.4 Å². The number of anilines is 1. The highest BCUT2D eigenvalue weighted by Gasteiger charge is 2.27. The van der Waals surface area contributed by atoms with Crippen molar-refractivity contribution < 1.29 is 4.79 Å². The van der Waals surface area contributed by atoms with E-state index < -0.39 is 0 Å². The summed E-state index contributed by atoms with van der Waals surface area (Å²) in [5.41, 5.74) is 1.80. The lowest BCUT2D eigenvalue weighted by Gasteiger charge is -2.18. The first kappa shape index (κ1) is 12.5. The molecule has 1 amide bonds. The van der Waals surface area contributed by atoms with Crippen molar-refractivity contribution in [2.24, 2.45) is 4.99 Å². The van der Waals surface area contributed by atoms with Crippen LogP contribution in [0.2, 0.25) is 5.02 Å². The zero-order valence-corrected chi connectivity index (χ0v) is 11.3. The van der Waals surface area contributed by atoms with Crippen molar-refractivity contribution in [3.05, 3.63) is 28.8 Å². The van der Waals surface area contributed by atoms with Crippen LogP contribution in [0.25, 0.3) is 0 Å². The van der Waals surface area contributed by atoms with Gasteiger partial charge in [-0.05, 0) is 30.4 Å². The van der Waals surface area contributed by atoms with Crippen LogP contribution in [0.15, 0.2) is 23.2 Å². The lowest BCUT2D eigenvalue weighted by molar-refractivity contribution is -0.115. The number of nitrogens with zero attached hydrogens (tertiary/aromatic N) is 2. The number of benzene rings is 1. The third kappa shape index (κ3) is 2.48. The van der Waals surface area contributed by atoms with E-state index in [1.54, 1.807) is 16.7 Å². The third-order valence-electron chi connectivity index (χ3n) is 2.48. The summed E-state index contributed by atoms with van der Waals surface area (Å²) in [4.78, 5) is 17.7. The Labute approximate surface area is 110 Å². The molecule has 0 fully saturated rings. The van der Waals surface area contributed by atoms with Gasteiger partial charge in [-0.3, -0.25) is 14.7 Å². The minimum Gasteiger partial charge on any atom is -0.272 e. The molecule has 0 atom stereocenters. The van der Waals surface area contributed by atoms with Crippen LogP contribution in [0.4, 0.5) is 5.69 Å². The highest BCUT2D eigenvalue weighted by atomic mass is 35.5. The Hall–Kier alpha value is -1.00. The molecule has 0 unspecified atom stereocenters. The van der Waals surface area contributed by atoms with E-state index in [1.165, 1.54) is 0 Å². The fourth-order valence-electron chi connectivity index (χ4n) is 1.60. The van der Waals surface area contributed by atoms with Crippen LogP contribution >= 0.6 is 23.4 Å². The summed E-state index contributed by atoms with van der Waals surface area (Å²) in [6, 6.07) is 5.62. The summed E-state index contributed by atoms with van der Waals surface area (Å²) < 4.78 is 0. The molecule has 90 valence electrons. The van der Waals surface area contributed by atoms with Crippen molar-refractivity contribution in [1.29, 1.82) is 0 Å². The number of hydrogen-bond acceptors (Lipinski definition) is 3. The molecule has 0 aliphatic carbocycles. The van der Waals surface area contributed by atoms with Crippen molar-refractivity contribution in [3.8, 4) is 0 Å². The van der Waals surface area contributed by atoms with E-state index in [-0.39, 0.29) is 12.5 Å². The van der Waals surface area contributed by atoms with Crippen LogP contribution in [-0.2, 0) is 4.79 Å². The third-order valence-corrected chi connectivity index (χ3v) is 3.74. The Morgan fingerprint density at radius 2 is 2.29 bits per heavy atom. The van der Waals surface area contributed by atoms with E-state index in [4.69, 9.17) is 11.6 Å². The lowest BCUT2D eigenvalue weighted by Crippen LogP contribution is -2.30. The van der Waals surface area contributed by atoms with Crippen LogP contribution in [0.5, 0.6) is 0 Å². The summed E-state index contributed by atoms with van der Waals surface area (Å²) in [5, 5.41) is 1.43.